The molecule has 0 saturated heterocycles. The molecule has 1 aliphatic rings. The van der Waals surface area contributed by atoms with E-state index in [0.29, 0.717) is 41.1 Å². The molecule has 1 heterocycles. The number of imidazole rings is 1. The Labute approximate surface area is 206 Å². The van der Waals surface area contributed by atoms with Crippen LogP contribution in [0.4, 0.5) is 5.69 Å². The summed E-state index contributed by atoms with van der Waals surface area (Å²) in [6.07, 6.45) is 0. The zero-order chi connectivity index (χ0) is 24.5. The Morgan fingerprint density at radius 1 is 0.971 bits per heavy atom. The highest BCUT2D eigenvalue weighted by molar-refractivity contribution is 8.00. The molecule has 0 radical (unpaired) electrons. The van der Waals surface area contributed by atoms with Gasteiger partial charge < -0.3 is 14.6 Å². The first kappa shape index (κ1) is 23.0. The Morgan fingerprint density at radius 2 is 1.63 bits per heavy atom. The van der Waals surface area contributed by atoms with E-state index in [4.69, 9.17) is 9.72 Å². The summed E-state index contributed by atoms with van der Waals surface area (Å²) >= 11 is 1.36. The minimum Gasteiger partial charge on any atom is -0.383 e. The number of hydrogen-bond donors (Lipinski definition) is 1. The monoisotopic (exact) mass is 485 g/mol. The molecule has 1 unspecified atom stereocenters. The summed E-state index contributed by atoms with van der Waals surface area (Å²) in [4.78, 5) is 43.5. The number of rotatable bonds is 7. The number of carbonyl (C=O) groups excluding carboxylic acids is 3. The summed E-state index contributed by atoms with van der Waals surface area (Å²) in [7, 11) is 1.65. The van der Waals surface area contributed by atoms with Gasteiger partial charge in [-0.05, 0) is 37.3 Å². The average molecular weight is 486 g/mol. The van der Waals surface area contributed by atoms with Crippen molar-refractivity contribution in [3.05, 3.63) is 89.0 Å². The van der Waals surface area contributed by atoms with E-state index in [9.17, 15) is 14.4 Å². The van der Waals surface area contributed by atoms with Gasteiger partial charge in [0.2, 0.25) is 5.91 Å². The third-order valence-electron chi connectivity index (χ3n) is 5.98. The molecule has 1 aliphatic carbocycles. The van der Waals surface area contributed by atoms with Gasteiger partial charge in [0.05, 0.1) is 22.9 Å². The SMILES string of the molecule is COCCn1c(SC(C)C(=O)Nc2ccc3c(c2)C(=O)c2ccccc2C3=O)nc2ccccc21. The Kier molecular flexibility index (Phi) is 6.23. The van der Waals surface area contributed by atoms with Crippen molar-refractivity contribution in [1.82, 2.24) is 9.55 Å². The van der Waals surface area contributed by atoms with Crippen LogP contribution in [0.25, 0.3) is 11.0 Å². The molecule has 0 aliphatic heterocycles. The van der Waals surface area contributed by atoms with E-state index in [2.05, 4.69) is 5.32 Å². The van der Waals surface area contributed by atoms with Gasteiger partial charge in [-0.25, -0.2) is 4.98 Å². The molecule has 0 saturated carbocycles. The predicted molar refractivity (Wildman–Crippen MR) is 135 cm³/mol. The molecule has 4 aromatic rings. The van der Waals surface area contributed by atoms with Gasteiger partial charge in [0.1, 0.15) is 0 Å². The fourth-order valence-corrected chi connectivity index (χ4v) is 5.12. The van der Waals surface area contributed by atoms with Gasteiger partial charge >= 0.3 is 0 Å². The summed E-state index contributed by atoms with van der Waals surface area (Å²) in [5.41, 5.74) is 3.74. The number of anilines is 1. The quantitative estimate of drug-likeness (QED) is 0.340. The molecule has 1 amide bonds. The summed E-state index contributed by atoms with van der Waals surface area (Å²) in [6, 6.07) is 19.4. The molecule has 0 spiro atoms. The first-order valence-electron chi connectivity index (χ1n) is 11.2. The van der Waals surface area contributed by atoms with Crippen molar-refractivity contribution >= 4 is 46.0 Å². The summed E-state index contributed by atoms with van der Waals surface area (Å²) in [5, 5.41) is 3.16. The Hall–Kier alpha value is -3.75. The van der Waals surface area contributed by atoms with E-state index in [1.807, 2.05) is 35.8 Å². The number of carbonyl (C=O) groups is 3. The highest BCUT2D eigenvalue weighted by Crippen LogP contribution is 2.31. The van der Waals surface area contributed by atoms with Gasteiger partial charge in [0.15, 0.2) is 16.7 Å². The van der Waals surface area contributed by atoms with Gasteiger partial charge in [0.25, 0.3) is 0 Å². The molecule has 8 heteroatoms. The van der Waals surface area contributed by atoms with Crippen molar-refractivity contribution in [1.29, 1.82) is 0 Å². The molecule has 1 atom stereocenters. The van der Waals surface area contributed by atoms with E-state index in [1.54, 1.807) is 49.6 Å². The lowest BCUT2D eigenvalue weighted by Gasteiger charge is -2.19. The normalized spacial score (nSPS) is 13.4. The number of benzene rings is 3. The minimum atomic E-state index is -0.456. The van der Waals surface area contributed by atoms with Crippen LogP contribution < -0.4 is 5.32 Å². The van der Waals surface area contributed by atoms with Crippen LogP contribution >= 0.6 is 11.8 Å². The third kappa shape index (κ3) is 4.26. The fourth-order valence-electron chi connectivity index (χ4n) is 4.17. The standard InChI is InChI=1S/C27H23N3O4S/c1-16(35-27-29-22-9-5-6-10-23(22)30(27)13-14-34-2)26(33)28-17-11-12-20-21(15-17)25(32)19-8-4-3-7-18(19)24(20)31/h3-12,15-16H,13-14H2,1-2H3,(H,28,33). The number of thioether (sulfide) groups is 1. The molecular weight excluding hydrogens is 462 g/mol. The summed E-state index contributed by atoms with van der Waals surface area (Å²) in [5.74, 6) is -0.636. The van der Waals surface area contributed by atoms with Crippen molar-refractivity contribution in [3.63, 3.8) is 0 Å². The number of amides is 1. The van der Waals surface area contributed by atoms with Crippen molar-refractivity contribution < 1.29 is 19.1 Å². The number of aromatic nitrogens is 2. The number of fused-ring (bicyclic) bond motifs is 3. The highest BCUT2D eigenvalue weighted by atomic mass is 32.2. The van der Waals surface area contributed by atoms with Gasteiger partial charge in [0, 0.05) is 41.6 Å². The summed E-state index contributed by atoms with van der Waals surface area (Å²) < 4.78 is 7.30. The van der Waals surface area contributed by atoms with E-state index in [0.717, 1.165) is 16.2 Å². The number of methoxy groups -OCH3 is 1. The van der Waals surface area contributed by atoms with E-state index >= 15 is 0 Å². The van der Waals surface area contributed by atoms with Gasteiger partial charge in [-0.1, -0.05) is 48.2 Å². The second kappa shape index (κ2) is 9.48. The zero-order valence-corrected chi connectivity index (χ0v) is 20.1. The smallest absolute Gasteiger partial charge is 0.237 e. The molecule has 5 rings (SSSR count). The highest BCUT2D eigenvalue weighted by Gasteiger charge is 2.29. The zero-order valence-electron chi connectivity index (χ0n) is 19.3. The van der Waals surface area contributed by atoms with Crippen LogP contribution in [0.15, 0.2) is 71.9 Å². The maximum atomic E-state index is 13.0. The van der Waals surface area contributed by atoms with Crippen molar-refractivity contribution in [2.45, 2.75) is 23.9 Å². The van der Waals surface area contributed by atoms with E-state index < -0.39 is 5.25 Å². The lowest BCUT2D eigenvalue weighted by molar-refractivity contribution is -0.115. The number of para-hydroxylation sites is 2. The van der Waals surface area contributed by atoms with E-state index in [1.165, 1.54) is 11.8 Å². The summed E-state index contributed by atoms with van der Waals surface area (Å²) in [6.45, 7) is 2.96. The van der Waals surface area contributed by atoms with Crippen LogP contribution in [0.5, 0.6) is 0 Å². The second-order valence-corrected chi connectivity index (χ2v) is 9.55. The van der Waals surface area contributed by atoms with Crippen LogP contribution in [0, 0.1) is 0 Å². The number of nitrogens with one attached hydrogen (secondary N) is 1. The predicted octanol–water partition coefficient (Wildman–Crippen LogP) is 4.58. The topological polar surface area (TPSA) is 90.3 Å². The Morgan fingerprint density at radius 3 is 2.37 bits per heavy atom. The third-order valence-corrected chi connectivity index (χ3v) is 7.07. The molecule has 7 nitrogen and oxygen atoms in total. The number of nitrogens with zero attached hydrogens (tertiary/aromatic N) is 2. The number of ether oxygens (including phenoxy) is 1. The minimum absolute atomic E-state index is 0.188. The second-order valence-electron chi connectivity index (χ2n) is 8.24. The van der Waals surface area contributed by atoms with Crippen LogP contribution in [0.2, 0.25) is 0 Å². The van der Waals surface area contributed by atoms with Crippen molar-refractivity contribution in [3.8, 4) is 0 Å². The molecule has 0 fully saturated rings. The van der Waals surface area contributed by atoms with Gasteiger partial charge in [-0.3, -0.25) is 14.4 Å². The number of hydrogen-bond acceptors (Lipinski definition) is 6. The average Bonchev–Trinajstić information content (AvgIpc) is 3.22. The Balaban J connectivity index is 1.35. The molecular formula is C27H23N3O4S. The molecule has 35 heavy (non-hydrogen) atoms. The van der Waals surface area contributed by atoms with Gasteiger partial charge in [-0.2, -0.15) is 0 Å². The molecule has 0 bridgehead atoms. The molecule has 176 valence electrons. The molecule has 1 N–H and O–H groups in total. The maximum Gasteiger partial charge on any atom is 0.237 e. The van der Waals surface area contributed by atoms with Crippen LogP contribution in [-0.4, -0.2) is 46.0 Å². The van der Waals surface area contributed by atoms with Crippen molar-refractivity contribution in [2.75, 3.05) is 19.0 Å². The first-order valence-corrected chi connectivity index (χ1v) is 12.1. The number of ketones is 2. The molecule has 1 aromatic heterocycles. The lowest BCUT2D eigenvalue weighted by atomic mass is 9.84. The maximum absolute atomic E-state index is 13.0. The molecule has 3 aromatic carbocycles. The van der Waals surface area contributed by atoms with E-state index in [-0.39, 0.29) is 17.5 Å². The van der Waals surface area contributed by atoms with Crippen molar-refractivity contribution in [2.24, 2.45) is 0 Å². The van der Waals surface area contributed by atoms with Crippen LogP contribution in [-0.2, 0) is 16.1 Å². The largest absolute Gasteiger partial charge is 0.383 e. The Bertz CT molecular complexity index is 1480. The lowest BCUT2D eigenvalue weighted by Crippen LogP contribution is -2.24. The van der Waals surface area contributed by atoms with Gasteiger partial charge in [-0.15, -0.1) is 0 Å². The fraction of sp³-hybridized carbons (Fsp3) is 0.185. The van der Waals surface area contributed by atoms with Crippen LogP contribution in [0.1, 0.15) is 38.8 Å². The first-order chi connectivity index (χ1) is 17.0. The van der Waals surface area contributed by atoms with Crippen LogP contribution in [0.3, 0.4) is 0 Å².